The van der Waals surface area contributed by atoms with E-state index in [4.69, 9.17) is 5.73 Å². The lowest BCUT2D eigenvalue weighted by Gasteiger charge is -2.25. The van der Waals surface area contributed by atoms with Gasteiger partial charge in [0.15, 0.2) is 0 Å². The lowest BCUT2D eigenvalue weighted by Crippen LogP contribution is -2.32. The maximum Gasteiger partial charge on any atom is 0.0295 e. The van der Waals surface area contributed by atoms with Crippen molar-refractivity contribution in [1.82, 2.24) is 4.90 Å². The van der Waals surface area contributed by atoms with Crippen LogP contribution in [0.3, 0.4) is 0 Å². The molecular formula is C16H26N2. The molecule has 2 heteroatoms. The number of hydrogen-bond donors (Lipinski definition) is 1. The van der Waals surface area contributed by atoms with Crippen LogP contribution in [0.4, 0.5) is 0 Å². The van der Waals surface area contributed by atoms with Gasteiger partial charge in [-0.3, -0.25) is 0 Å². The van der Waals surface area contributed by atoms with Gasteiger partial charge in [0.05, 0.1) is 0 Å². The van der Waals surface area contributed by atoms with Crippen molar-refractivity contribution in [2.24, 2.45) is 11.7 Å². The van der Waals surface area contributed by atoms with Crippen LogP contribution in [0.2, 0.25) is 0 Å². The molecule has 0 heterocycles. The molecule has 2 rings (SSSR count). The number of hydrogen-bond acceptors (Lipinski definition) is 2. The second kappa shape index (κ2) is 6.35. The van der Waals surface area contributed by atoms with Gasteiger partial charge in [-0.2, -0.15) is 0 Å². The van der Waals surface area contributed by atoms with Gasteiger partial charge < -0.3 is 10.6 Å². The van der Waals surface area contributed by atoms with Crippen molar-refractivity contribution in [1.29, 1.82) is 0 Å². The predicted octanol–water partition coefficient (Wildman–Crippen LogP) is 3.20. The molecule has 1 aromatic carbocycles. The predicted molar refractivity (Wildman–Crippen MR) is 77.4 cm³/mol. The third-order valence-electron chi connectivity index (χ3n) is 4.25. The highest BCUT2D eigenvalue weighted by atomic mass is 15.1. The minimum atomic E-state index is 0.191. The first-order valence-corrected chi connectivity index (χ1v) is 7.19. The van der Waals surface area contributed by atoms with Crippen molar-refractivity contribution >= 4 is 0 Å². The summed E-state index contributed by atoms with van der Waals surface area (Å²) in [6.45, 7) is 3.52. The average molecular weight is 246 g/mol. The lowest BCUT2D eigenvalue weighted by molar-refractivity contribution is 0.228. The molecule has 1 saturated carbocycles. The monoisotopic (exact) mass is 246 g/mol. The summed E-state index contributed by atoms with van der Waals surface area (Å²) in [6, 6.07) is 11.4. The molecule has 1 aliphatic carbocycles. The van der Waals surface area contributed by atoms with Crippen molar-refractivity contribution in [2.75, 3.05) is 13.6 Å². The Morgan fingerprint density at radius 1 is 1.28 bits per heavy atom. The minimum Gasteiger partial charge on any atom is -0.324 e. The molecule has 1 aromatic rings. The van der Waals surface area contributed by atoms with Gasteiger partial charge in [0.25, 0.3) is 0 Å². The average Bonchev–Trinajstić information content (AvgIpc) is 3.23. The fourth-order valence-corrected chi connectivity index (χ4v) is 2.57. The smallest absolute Gasteiger partial charge is 0.0295 e. The van der Waals surface area contributed by atoms with E-state index in [1.807, 2.05) is 6.07 Å². The first-order chi connectivity index (χ1) is 8.68. The molecule has 0 aliphatic heterocycles. The summed E-state index contributed by atoms with van der Waals surface area (Å²) in [6.07, 6.45) is 5.11. The van der Waals surface area contributed by atoms with Crippen molar-refractivity contribution in [3.63, 3.8) is 0 Å². The summed E-state index contributed by atoms with van der Waals surface area (Å²) in [4.78, 5) is 2.50. The Morgan fingerprint density at radius 2 is 1.94 bits per heavy atom. The highest BCUT2D eigenvalue weighted by Gasteiger charge is 2.30. The Bertz CT molecular complexity index is 345. The summed E-state index contributed by atoms with van der Waals surface area (Å²) < 4.78 is 0. The first kappa shape index (κ1) is 13.6. The zero-order chi connectivity index (χ0) is 13.0. The Hall–Kier alpha value is -0.860. The maximum absolute atomic E-state index is 6.21. The number of benzene rings is 1. The highest BCUT2D eigenvalue weighted by Crippen LogP contribution is 2.34. The van der Waals surface area contributed by atoms with Crippen molar-refractivity contribution < 1.29 is 0 Å². The maximum atomic E-state index is 6.21. The quantitative estimate of drug-likeness (QED) is 0.800. The minimum absolute atomic E-state index is 0.191. The molecule has 2 nitrogen and oxygen atoms in total. The fraction of sp³-hybridized carbons (Fsp3) is 0.625. The lowest BCUT2D eigenvalue weighted by atomic mass is 10.0. The number of nitrogens with zero attached hydrogens (tertiary/aromatic N) is 1. The van der Waals surface area contributed by atoms with Gasteiger partial charge in [0.2, 0.25) is 0 Å². The molecule has 2 N–H and O–H groups in total. The summed E-state index contributed by atoms with van der Waals surface area (Å²) in [5.41, 5.74) is 7.47. The van der Waals surface area contributed by atoms with Crippen LogP contribution in [0.5, 0.6) is 0 Å². The van der Waals surface area contributed by atoms with Crippen LogP contribution in [0, 0.1) is 5.92 Å². The summed E-state index contributed by atoms with van der Waals surface area (Å²) in [7, 11) is 2.25. The fourth-order valence-electron chi connectivity index (χ4n) is 2.57. The molecule has 0 aromatic heterocycles. The summed E-state index contributed by atoms with van der Waals surface area (Å²) >= 11 is 0. The van der Waals surface area contributed by atoms with E-state index >= 15 is 0 Å². The van der Waals surface area contributed by atoms with E-state index in [2.05, 4.69) is 43.1 Å². The van der Waals surface area contributed by atoms with Crippen LogP contribution in [0.25, 0.3) is 0 Å². The SMILES string of the molecule is CC(C1CC1)N(C)CCCC(N)c1ccccc1. The van der Waals surface area contributed by atoms with Gasteiger partial charge in [-0.1, -0.05) is 30.3 Å². The van der Waals surface area contributed by atoms with E-state index in [9.17, 15) is 0 Å². The van der Waals surface area contributed by atoms with E-state index in [0.29, 0.717) is 0 Å². The Morgan fingerprint density at radius 3 is 2.56 bits per heavy atom. The van der Waals surface area contributed by atoms with Crippen LogP contribution in [-0.2, 0) is 0 Å². The van der Waals surface area contributed by atoms with Crippen LogP contribution < -0.4 is 5.73 Å². The normalized spacial score (nSPS) is 18.9. The van der Waals surface area contributed by atoms with Crippen LogP contribution >= 0.6 is 0 Å². The van der Waals surface area contributed by atoms with E-state index in [-0.39, 0.29) is 6.04 Å². The first-order valence-electron chi connectivity index (χ1n) is 7.19. The topological polar surface area (TPSA) is 29.3 Å². The van der Waals surface area contributed by atoms with Crippen molar-refractivity contribution in [2.45, 2.75) is 44.7 Å². The van der Waals surface area contributed by atoms with Crippen LogP contribution in [0.15, 0.2) is 30.3 Å². The van der Waals surface area contributed by atoms with Gasteiger partial charge in [0, 0.05) is 12.1 Å². The van der Waals surface area contributed by atoms with E-state index in [0.717, 1.165) is 24.9 Å². The Kier molecular flexibility index (Phi) is 4.79. The third kappa shape index (κ3) is 3.82. The molecular weight excluding hydrogens is 220 g/mol. The van der Waals surface area contributed by atoms with E-state index in [1.165, 1.54) is 24.8 Å². The molecule has 1 fully saturated rings. The molecule has 100 valence electrons. The zero-order valence-corrected chi connectivity index (χ0v) is 11.7. The van der Waals surface area contributed by atoms with Gasteiger partial charge in [-0.15, -0.1) is 0 Å². The molecule has 0 radical (unpaired) electrons. The highest BCUT2D eigenvalue weighted by molar-refractivity contribution is 5.18. The zero-order valence-electron chi connectivity index (χ0n) is 11.7. The molecule has 0 spiro atoms. The molecule has 0 bridgehead atoms. The van der Waals surface area contributed by atoms with Gasteiger partial charge in [0.1, 0.15) is 0 Å². The van der Waals surface area contributed by atoms with E-state index in [1.54, 1.807) is 0 Å². The van der Waals surface area contributed by atoms with Crippen molar-refractivity contribution in [3.8, 4) is 0 Å². The second-order valence-electron chi connectivity index (χ2n) is 5.72. The third-order valence-corrected chi connectivity index (χ3v) is 4.25. The standard InChI is InChI=1S/C16H26N2/c1-13(14-10-11-14)18(2)12-6-9-16(17)15-7-4-3-5-8-15/h3-5,7-8,13-14,16H,6,9-12,17H2,1-2H3. The van der Waals surface area contributed by atoms with Crippen molar-refractivity contribution in [3.05, 3.63) is 35.9 Å². The largest absolute Gasteiger partial charge is 0.324 e. The second-order valence-corrected chi connectivity index (χ2v) is 5.72. The van der Waals surface area contributed by atoms with Gasteiger partial charge >= 0.3 is 0 Å². The molecule has 1 aliphatic rings. The number of rotatable bonds is 7. The van der Waals surface area contributed by atoms with E-state index < -0.39 is 0 Å². The number of nitrogens with two attached hydrogens (primary N) is 1. The summed E-state index contributed by atoms with van der Waals surface area (Å²) in [5.74, 6) is 0.956. The van der Waals surface area contributed by atoms with Crippen LogP contribution in [-0.4, -0.2) is 24.5 Å². The van der Waals surface area contributed by atoms with Gasteiger partial charge in [-0.05, 0) is 57.7 Å². The summed E-state index contributed by atoms with van der Waals surface area (Å²) in [5, 5.41) is 0. The molecule has 0 saturated heterocycles. The van der Waals surface area contributed by atoms with Crippen LogP contribution in [0.1, 0.15) is 44.2 Å². The van der Waals surface area contributed by atoms with Gasteiger partial charge in [-0.25, -0.2) is 0 Å². The molecule has 18 heavy (non-hydrogen) atoms. The Labute approximate surface area is 111 Å². The molecule has 0 amide bonds. The molecule has 2 unspecified atom stereocenters. The molecule has 2 atom stereocenters. The Balaban J connectivity index is 1.68.